The summed E-state index contributed by atoms with van der Waals surface area (Å²) in [6, 6.07) is 2.40. The van der Waals surface area contributed by atoms with Crippen molar-refractivity contribution in [3.63, 3.8) is 0 Å². The monoisotopic (exact) mass is 290 g/mol. The topological polar surface area (TPSA) is 17.3 Å². The van der Waals surface area contributed by atoms with E-state index in [9.17, 15) is 13.2 Å². The van der Waals surface area contributed by atoms with Crippen molar-refractivity contribution in [3.8, 4) is 0 Å². The number of rotatable bonds is 1. The first-order valence-electron chi connectivity index (χ1n) is 5.79. The summed E-state index contributed by atoms with van der Waals surface area (Å²) in [6.07, 6.45) is -3.32. The Morgan fingerprint density at radius 1 is 1.21 bits per heavy atom. The third-order valence-corrected chi connectivity index (χ3v) is 3.13. The van der Waals surface area contributed by atoms with Crippen LogP contribution in [0.5, 0.6) is 0 Å². The molecule has 0 unspecified atom stereocenters. The van der Waals surface area contributed by atoms with Gasteiger partial charge in [-0.15, -0.1) is 11.6 Å². The SMILES string of the molecule is CC(C)(C)c1nc2ccc(C(F)(F)F)cn2c1CCl. The van der Waals surface area contributed by atoms with Crippen LogP contribution in [0, 0.1) is 0 Å². The van der Waals surface area contributed by atoms with Crippen molar-refractivity contribution < 1.29 is 13.2 Å². The summed E-state index contributed by atoms with van der Waals surface area (Å²) in [5.74, 6) is 0.120. The largest absolute Gasteiger partial charge is 0.417 e. The molecule has 0 saturated heterocycles. The van der Waals surface area contributed by atoms with Crippen LogP contribution in [0.25, 0.3) is 5.65 Å². The van der Waals surface area contributed by atoms with Gasteiger partial charge in [-0.2, -0.15) is 13.2 Å². The van der Waals surface area contributed by atoms with Crippen molar-refractivity contribution in [2.24, 2.45) is 0 Å². The second kappa shape index (κ2) is 4.40. The molecule has 2 nitrogen and oxygen atoms in total. The smallest absolute Gasteiger partial charge is 0.302 e. The molecule has 2 aromatic rings. The number of alkyl halides is 4. The molecule has 0 spiro atoms. The molecule has 0 atom stereocenters. The molecule has 0 aromatic carbocycles. The van der Waals surface area contributed by atoms with Crippen molar-refractivity contribution in [3.05, 3.63) is 35.3 Å². The minimum Gasteiger partial charge on any atom is -0.302 e. The highest BCUT2D eigenvalue weighted by atomic mass is 35.5. The molecule has 2 aromatic heterocycles. The molecule has 0 saturated carbocycles. The van der Waals surface area contributed by atoms with Gasteiger partial charge < -0.3 is 4.40 Å². The van der Waals surface area contributed by atoms with Crippen LogP contribution < -0.4 is 0 Å². The maximum absolute atomic E-state index is 12.7. The highest BCUT2D eigenvalue weighted by Crippen LogP contribution is 2.32. The lowest BCUT2D eigenvalue weighted by Crippen LogP contribution is -2.14. The first-order valence-corrected chi connectivity index (χ1v) is 6.32. The zero-order chi connectivity index (χ0) is 14.4. The van der Waals surface area contributed by atoms with Crippen molar-refractivity contribution >= 4 is 17.2 Å². The highest BCUT2D eigenvalue weighted by molar-refractivity contribution is 6.17. The van der Waals surface area contributed by atoms with Crippen LogP contribution in [-0.4, -0.2) is 9.38 Å². The van der Waals surface area contributed by atoms with E-state index in [-0.39, 0.29) is 11.3 Å². The molecule has 0 amide bonds. The molecular weight excluding hydrogens is 277 g/mol. The summed E-state index contributed by atoms with van der Waals surface area (Å²) in [5.41, 5.74) is 0.837. The average molecular weight is 291 g/mol. The van der Waals surface area contributed by atoms with Crippen LogP contribution in [-0.2, 0) is 17.5 Å². The van der Waals surface area contributed by atoms with E-state index < -0.39 is 11.7 Å². The molecule has 0 aliphatic heterocycles. The van der Waals surface area contributed by atoms with Gasteiger partial charge in [-0.05, 0) is 12.1 Å². The summed E-state index contributed by atoms with van der Waals surface area (Å²) in [7, 11) is 0. The fourth-order valence-electron chi connectivity index (χ4n) is 1.99. The van der Waals surface area contributed by atoms with Gasteiger partial charge in [-0.25, -0.2) is 4.98 Å². The van der Waals surface area contributed by atoms with Gasteiger partial charge in [0, 0.05) is 11.6 Å². The Kier molecular flexibility index (Phi) is 3.29. The molecule has 0 fully saturated rings. The number of imidazole rings is 1. The van der Waals surface area contributed by atoms with Crippen LogP contribution in [0.3, 0.4) is 0 Å². The quantitative estimate of drug-likeness (QED) is 0.712. The molecule has 2 rings (SSSR count). The van der Waals surface area contributed by atoms with Crippen LogP contribution in [0.2, 0.25) is 0 Å². The Labute approximate surface area is 114 Å². The molecule has 19 heavy (non-hydrogen) atoms. The molecule has 0 N–H and O–H groups in total. The van der Waals surface area contributed by atoms with E-state index in [1.165, 1.54) is 10.5 Å². The third kappa shape index (κ3) is 2.56. The zero-order valence-electron chi connectivity index (χ0n) is 10.8. The zero-order valence-corrected chi connectivity index (χ0v) is 11.6. The van der Waals surface area contributed by atoms with Gasteiger partial charge in [0.15, 0.2) is 0 Å². The van der Waals surface area contributed by atoms with E-state index in [1.54, 1.807) is 0 Å². The highest BCUT2D eigenvalue weighted by Gasteiger charge is 2.32. The van der Waals surface area contributed by atoms with Gasteiger partial charge in [0.05, 0.1) is 22.8 Å². The Morgan fingerprint density at radius 2 is 1.84 bits per heavy atom. The van der Waals surface area contributed by atoms with E-state index in [1.807, 2.05) is 20.8 Å². The predicted octanol–water partition coefficient (Wildman–Crippen LogP) is 4.39. The number of pyridine rings is 1. The van der Waals surface area contributed by atoms with E-state index in [0.717, 1.165) is 18.0 Å². The fourth-order valence-corrected chi connectivity index (χ4v) is 2.24. The Balaban J connectivity index is 2.72. The van der Waals surface area contributed by atoms with Gasteiger partial charge in [-0.3, -0.25) is 0 Å². The lowest BCUT2D eigenvalue weighted by Gasteiger charge is -2.17. The minimum absolute atomic E-state index is 0.120. The van der Waals surface area contributed by atoms with Gasteiger partial charge in [-0.1, -0.05) is 20.8 Å². The van der Waals surface area contributed by atoms with E-state index >= 15 is 0 Å². The maximum atomic E-state index is 12.7. The lowest BCUT2D eigenvalue weighted by molar-refractivity contribution is -0.137. The lowest BCUT2D eigenvalue weighted by atomic mass is 9.91. The van der Waals surface area contributed by atoms with Crippen LogP contribution in [0.15, 0.2) is 18.3 Å². The summed E-state index contributed by atoms with van der Waals surface area (Å²) >= 11 is 5.88. The Morgan fingerprint density at radius 3 is 2.32 bits per heavy atom. The van der Waals surface area contributed by atoms with Crippen LogP contribution in [0.4, 0.5) is 13.2 Å². The minimum atomic E-state index is -4.37. The number of hydrogen-bond donors (Lipinski definition) is 0. The maximum Gasteiger partial charge on any atom is 0.417 e. The Bertz CT molecular complexity index is 609. The van der Waals surface area contributed by atoms with Gasteiger partial charge >= 0.3 is 6.18 Å². The molecular formula is C13H14ClF3N2. The van der Waals surface area contributed by atoms with Gasteiger partial charge in [0.2, 0.25) is 0 Å². The van der Waals surface area contributed by atoms with Gasteiger partial charge in [0.25, 0.3) is 0 Å². The normalized spacial score (nSPS) is 13.2. The molecule has 2 heterocycles. The molecule has 0 bridgehead atoms. The molecule has 0 aliphatic rings. The molecule has 0 aliphatic carbocycles. The average Bonchev–Trinajstić information content (AvgIpc) is 2.64. The Hall–Kier alpha value is -1.23. The number of nitrogens with zero attached hydrogens (tertiary/aromatic N) is 2. The van der Waals surface area contributed by atoms with Crippen molar-refractivity contribution in [2.75, 3.05) is 0 Å². The second-order valence-corrected chi connectivity index (χ2v) is 5.70. The molecule has 6 heteroatoms. The number of halogens is 4. The first-order chi connectivity index (χ1) is 8.64. The standard InChI is InChI=1S/C13H14ClF3N2/c1-12(2,3)11-9(6-14)19-7-8(13(15,16)17)4-5-10(19)18-11/h4-5,7H,6H2,1-3H3. The number of hydrogen-bond acceptors (Lipinski definition) is 1. The number of fused-ring (bicyclic) bond motifs is 1. The van der Waals surface area contributed by atoms with E-state index in [2.05, 4.69) is 4.98 Å². The fraction of sp³-hybridized carbons (Fsp3) is 0.462. The van der Waals surface area contributed by atoms with Crippen molar-refractivity contribution in [1.82, 2.24) is 9.38 Å². The third-order valence-electron chi connectivity index (χ3n) is 2.88. The summed E-state index contributed by atoms with van der Waals surface area (Å²) in [6.45, 7) is 5.86. The molecule has 104 valence electrons. The summed E-state index contributed by atoms with van der Waals surface area (Å²) in [4.78, 5) is 4.39. The summed E-state index contributed by atoms with van der Waals surface area (Å²) in [5, 5.41) is 0. The van der Waals surface area contributed by atoms with E-state index in [4.69, 9.17) is 11.6 Å². The van der Waals surface area contributed by atoms with Gasteiger partial charge in [0.1, 0.15) is 5.65 Å². The predicted molar refractivity (Wildman–Crippen MR) is 68.5 cm³/mol. The number of aromatic nitrogens is 2. The van der Waals surface area contributed by atoms with Crippen molar-refractivity contribution in [1.29, 1.82) is 0 Å². The van der Waals surface area contributed by atoms with Crippen LogP contribution in [0.1, 0.15) is 37.7 Å². The van der Waals surface area contributed by atoms with Crippen LogP contribution >= 0.6 is 11.6 Å². The summed E-state index contributed by atoms with van der Waals surface area (Å²) < 4.78 is 39.6. The first kappa shape index (κ1) is 14.2. The second-order valence-electron chi connectivity index (χ2n) is 5.43. The molecule has 0 radical (unpaired) electrons. The van der Waals surface area contributed by atoms with E-state index in [0.29, 0.717) is 11.3 Å². The van der Waals surface area contributed by atoms with Crippen molar-refractivity contribution in [2.45, 2.75) is 38.2 Å².